The number of nitrogens with zero attached hydrogens (tertiary/aromatic N) is 1. The summed E-state index contributed by atoms with van der Waals surface area (Å²) >= 11 is 0. The van der Waals surface area contributed by atoms with E-state index in [2.05, 4.69) is 25.9 Å². The summed E-state index contributed by atoms with van der Waals surface area (Å²) in [6.07, 6.45) is 3.25. The summed E-state index contributed by atoms with van der Waals surface area (Å²) in [5.41, 5.74) is 6.55. The van der Waals surface area contributed by atoms with Gasteiger partial charge in [0.1, 0.15) is 18.6 Å². The molecule has 150 valence electrons. The molecule has 11 nitrogen and oxygen atoms in total. The first-order chi connectivity index (χ1) is 12.6. The van der Waals surface area contributed by atoms with Crippen LogP contribution in [0.15, 0.2) is 12.5 Å². The van der Waals surface area contributed by atoms with E-state index in [4.69, 9.17) is 10.8 Å². The first-order valence-electron chi connectivity index (χ1n) is 8.44. The van der Waals surface area contributed by atoms with Crippen LogP contribution in [0.25, 0.3) is 0 Å². The zero-order valence-corrected chi connectivity index (χ0v) is 15.5. The van der Waals surface area contributed by atoms with Gasteiger partial charge in [-0.25, -0.2) is 4.98 Å². The minimum atomic E-state index is -1.19. The fourth-order valence-electron chi connectivity index (χ4n) is 2.21. The van der Waals surface area contributed by atoms with Gasteiger partial charge >= 0.3 is 5.97 Å². The van der Waals surface area contributed by atoms with Gasteiger partial charge < -0.3 is 31.8 Å². The van der Waals surface area contributed by atoms with Crippen LogP contribution in [0.2, 0.25) is 0 Å². The topological polar surface area (TPSA) is 179 Å². The molecule has 0 aliphatic rings. The first-order valence-corrected chi connectivity index (χ1v) is 8.44. The lowest BCUT2D eigenvalue weighted by Gasteiger charge is -2.25. The third-order valence-corrected chi connectivity index (χ3v) is 3.74. The lowest BCUT2D eigenvalue weighted by molar-refractivity contribution is -0.138. The highest BCUT2D eigenvalue weighted by Crippen LogP contribution is 2.04. The Balaban J connectivity index is 2.62. The van der Waals surface area contributed by atoms with Crippen molar-refractivity contribution in [1.29, 1.82) is 0 Å². The number of nitrogens with one attached hydrogen (secondary N) is 4. The Hall–Kier alpha value is -2.95. The van der Waals surface area contributed by atoms with Crippen molar-refractivity contribution in [3.8, 4) is 0 Å². The van der Waals surface area contributed by atoms with E-state index in [9.17, 15) is 19.2 Å². The number of nitrogens with two attached hydrogens (primary N) is 1. The Kier molecular flexibility index (Phi) is 8.39. The van der Waals surface area contributed by atoms with E-state index in [1.54, 1.807) is 20.0 Å². The van der Waals surface area contributed by atoms with Crippen molar-refractivity contribution in [3.63, 3.8) is 0 Å². The van der Waals surface area contributed by atoms with Gasteiger partial charge in [-0.15, -0.1) is 0 Å². The Morgan fingerprint density at radius 3 is 2.33 bits per heavy atom. The maximum atomic E-state index is 12.4. The number of carbonyl (C=O) groups is 4. The van der Waals surface area contributed by atoms with Crippen LogP contribution < -0.4 is 21.7 Å². The van der Waals surface area contributed by atoms with Gasteiger partial charge in [-0.1, -0.05) is 13.8 Å². The second-order valence-corrected chi connectivity index (χ2v) is 6.46. The molecule has 3 amide bonds. The Labute approximate surface area is 156 Å². The number of hydrogen-bond acceptors (Lipinski definition) is 6. The number of hydrogen-bond donors (Lipinski definition) is 6. The minimum absolute atomic E-state index is 0.228. The van der Waals surface area contributed by atoms with Crippen LogP contribution in [0.1, 0.15) is 26.5 Å². The predicted octanol–water partition coefficient (Wildman–Crippen LogP) is -1.87. The highest BCUT2D eigenvalue weighted by molar-refractivity contribution is 5.93. The van der Waals surface area contributed by atoms with Gasteiger partial charge in [0, 0.05) is 18.3 Å². The van der Waals surface area contributed by atoms with Crippen molar-refractivity contribution in [2.24, 2.45) is 11.7 Å². The summed E-state index contributed by atoms with van der Waals surface area (Å²) in [6, 6.07) is -2.75. The lowest BCUT2D eigenvalue weighted by Crippen LogP contribution is -2.57. The molecule has 0 bridgehead atoms. The van der Waals surface area contributed by atoms with Gasteiger partial charge in [-0.3, -0.25) is 19.2 Å². The number of carboxylic acid groups (broad SMARTS) is 1. The van der Waals surface area contributed by atoms with Crippen LogP contribution in [-0.2, 0) is 25.6 Å². The van der Waals surface area contributed by atoms with Crippen molar-refractivity contribution >= 4 is 23.7 Å². The zero-order chi connectivity index (χ0) is 20.6. The molecular formula is C16H26N6O5. The SMILES string of the molecule is CC(NC(=O)C(NC(=O)C(N)Cc1cnc[nH]1)C(C)C)C(=O)NCC(=O)O. The highest BCUT2D eigenvalue weighted by atomic mass is 16.4. The molecule has 0 radical (unpaired) electrons. The van der Waals surface area contributed by atoms with E-state index in [0.29, 0.717) is 5.69 Å². The summed E-state index contributed by atoms with van der Waals surface area (Å²) < 4.78 is 0. The maximum absolute atomic E-state index is 12.4. The summed E-state index contributed by atoms with van der Waals surface area (Å²) in [6.45, 7) is 4.34. The monoisotopic (exact) mass is 382 g/mol. The van der Waals surface area contributed by atoms with E-state index >= 15 is 0 Å². The molecule has 3 atom stereocenters. The molecule has 0 aliphatic heterocycles. The second-order valence-electron chi connectivity index (χ2n) is 6.46. The molecule has 11 heteroatoms. The largest absolute Gasteiger partial charge is 0.480 e. The highest BCUT2D eigenvalue weighted by Gasteiger charge is 2.28. The third-order valence-electron chi connectivity index (χ3n) is 3.74. The molecule has 0 saturated heterocycles. The minimum Gasteiger partial charge on any atom is -0.480 e. The number of amides is 3. The second kappa shape index (κ2) is 10.3. The van der Waals surface area contributed by atoms with Crippen molar-refractivity contribution in [1.82, 2.24) is 25.9 Å². The summed E-state index contributed by atoms with van der Waals surface area (Å²) in [5.74, 6) is -3.18. The predicted molar refractivity (Wildman–Crippen MR) is 95.3 cm³/mol. The molecule has 0 aromatic carbocycles. The van der Waals surface area contributed by atoms with Gasteiger partial charge in [0.15, 0.2) is 0 Å². The molecule has 1 rings (SSSR count). The summed E-state index contributed by atoms with van der Waals surface area (Å²) in [4.78, 5) is 53.7. The molecular weight excluding hydrogens is 356 g/mol. The standard InChI is InChI=1S/C16H26N6O5/c1-8(2)13(16(27)21-9(3)14(25)19-6-12(23)24)22-15(26)11(17)4-10-5-18-7-20-10/h5,7-9,11,13H,4,6,17H2,1-3H3,(H,18,20)(H,19,25)(H,21,27)(H,22,26)(H,23,24). The van der Waals surface area contributed by atoms with Crippen molar-refractivity contribution < 1.29 is 24.3 Å². The third kappa shape index (κ3) is 7.44. The van der Waals surface area contributed by atoms with Crippen molar-refractivity contribution in [2.75, 3.05) is 6.54 Å². The number of aliphatic carboxylic acids is 1. The van der Waals surface area contributed by atoms with Gasteiger partial charge in [-0.2, -0.15) is 0 Å². The number of imidazole rings is 1. The van der Waals surface area contributed by atoms with Gasteiger partial charge in [0.2, 0.25) is 17.7 Å². The van der Waals surface area contributed by atoms with Crippen LogP contribution >= 0.6 is 0 Å². The first kappa shape index (κ1) is 22.1. The average Bonchev–Trinajstić information content (AvgIpc) is 3.09. The van der Waals surface area contributed by atoms with Crippen molar-refractivity contribution in [3.05, 3.63) is 18.2 Å². The quantitative estimate of drug-likeness (QED) is 0.274. The van der Waals surface area contributed by atoms with Gasteiger partial charge in [-0.05, 0) is 12.8 Å². The number of aromatic nitrogens is 2. The molecule has 1 aromatic rings. The Morgan fingerprint density at radius 1 is 1.15 bits per heavy atom. The van der Waals surface area contributed by atoms with Crippen LogP contribution in [0, 0.1) is 5.92 Å². The summed E-state index contributed by atoms with van der Waals surface area (Å²) in [7, 11) is 0. The maximum Gasteiger partial charge on any atom is 0.322 e. The Morgan fingerprint density at radius 2 is 1.81 bits per heavy atom. The van der Waals surface area contributed by atoms with E-state index in [1.807, 2.05) is 0 Å². The normalized spacial score (nSPS) is 14.1. The zero-order valence-electron chi connectivity index (χ0n) is 15.5. The lowest BCUT2D eigenvalue weighted by atomic mass is 10.0. The number of aromatic amines is 1. The van der Waals surface area contributed by atoms with Gasteiger partial charge in [0.25, 0.3) is 0 Å². The van der Waals surface area contributed by atoms with Crippen LogP contribution in [0.4, 0.5) is 0 Å². The number of H-pyrrole nitrogens is 1. The van der Waals surface area contributed by atoms with E-state index < -0.39 is 48.4 Å². The summed E-state index contributed by atoms with van der Waals surface area (Å²) in [5, 5.41) is 15.8. The number of carbonyl (C=O) groups excluding carboxylic acids is 3. The average molecular weight is 382 g/mol. The molecule has 1 aromatic heterocycles. The molecule has 3 unspecified atom stereocenters. The van der Waals surface area contributed by atoms with Crippen molar-refractivity contribution in [2.45, 2.75) is 45.3 Å². The van der Waals surface area contributed by atoms with Crippen LogP contribution in [-0.4, -0.2) is 63.4 Å². The molecule has 7 N–H and O–H groups in total. The number of carboxylic acids is 1. The van der Waals surface area contributed by atoms with E-state index in [1.165, 1.54) is 13.3 Å². The fourth-order valence-corrected chi connectivity index (χ4v) is 2.21. The van der Waals surface area contributed by atoms with E-state index in [0.717, 1.165) is 0 Å². The molecule has 0 saturated carbocycles. The van der Waals surface area contributed by atoms with Gasteiger partial charge in [0.05, 0.1) is 12.4 Å². The molecule has 27 heavy (non-hydrogen) atoms. The molecule has 0 aliphatic carbocycles. The smallest absolute Gasteiger partial charge is 0.322 e. The molecule has 1 heterocycles. The number of rotatable bonds is 10. The Bertz CT molecular complexity index is 660. The molecule has 0 spiro atoms. The van der Waals surface area contributed by atoms with E-state index in [-0.39, 0.29) is 12.3 Å². The van der Waals surface area contributed by atoms with Crippen LogP contribution in [0.3, 0.4) is 0 Å². The van der Waals surface area contributed by atoms with Crippen LogP contribution in [0.5, 0.6) is 0 Å². The fraction of sp³-hybridized carbons (Fsp3) is 0.562. The molecule has 0 fully saturated rings.